The van der Waals surface area contributed by atoms with E-state index in [9.17, 15) is 0 Å². The van der Waals surface area contributed by atoms with Gasteiger partial charge in [0.2, 0.25) is 5.88 Å². The van der Waals surface area contributed by atoms with E-state index in [2.05, 4.69) is 22.2 Å². The standard InChI is InChI=1S/C13H21N3O/c1-2-7-14-12-8-13(16-10-15-12)17-9-11-5-3-4-6-11/h8,10-11H,2-7,9H2,1H3,(H,14,15,16). The Bertz CT molecular complexity index is 337. The molecule has 0 saturated heterocycles. The Morgan fingerprint density at radius 2 is 2.18 bits per heavy atom. The van der Waals surface area contributed by atoms with Gasteiger partial charge in [-0.15, -0.1) is 0 Å². The van der Waals surface area contributed by atoms with E-state index in [1.807, 2.05) is 6.07 Å². The SMILES string of the molecule is CCCNc1cc(OCC2CCCC2)ncn1. The highest BCUT2D eigenvalue weighted by Crippen LogP contribution is 2.25. The third-order valence-corrected chi connectivity index (χ3v) is 3.14. The van der Waals surface area contributed by atoms with Gasteiger partial charge < -0.3 is 10.1 Å². The summed E-state index contributed by atoms with van der Waals surface area (Å²) in [5.41, 5.74) is 0. The van der Waals surface area contributed by atoms with E-state index < -0.39 is 0 Å². The van der Waals surface area contributed by atoms with Crippen molar-refractivity contribution in [3.8, 4) is 5.88 Å². The van der Waals surface area contributed by atoms with Gasteiger partial charge in [0.1, 0.15) is 12.1 Å². The summed E-state index contributed by atoms with van der Waals surface area (Å²) >= 11 is 0. The third-order valence-electron chi connectivity index (χ3n) is 3.14. The molecular formula is C13H21N3O. The van der Waals surface area contributed by atoms with Crippen LogP contribution in [0.2, 0.25) is 0 Å². The summed E-state index contributed by atoms with van der Waals surface area (Å²) in [5, 5.41) is 3.23. The molecule has 1 aromatic heterocycles. The topological polar surface area (TPSA) is 47.0 Å². The van der Waals surface area contributed by atoms with Gasteiger partial charge in [-0.1, -0.05) is 19.8 Å². The summed E-state index contributed by atoms with van der Waals surface area (Å²) in [4.78, 5) is 8.29. The molecule has 1 fully saturated rings. The minimum Gasteiger partial charge on any atom is -0.477 e. The first-order valence-electron chi connectivity index (χ1n) is 6.57. The summed E-state index contributed by atoms with van der Waals surface area (Å²) in [5.74, 6) is 2.26. The average Bonchev–Trinajstić information content (AvgIpc) is 2.87. The van der Waals surface area contributed by atoms with Crippen LogP contribution in [0.25, 0.3) is 0 Å². The first-order valence-corrected chi connectivity index (χ1v) is 6.57. The normalized spacial score (nSPS) is 16.1. The molecule has 0 bridgehead atoms. The van der Waals surface area contributed by atoms with Gasteiger partial charge >= 0.3 is 0 Å². The van der Waals surface area contributed by atoms with Crippen LogP contribution in [0.3, 0.4) is 0 Å². The molecule has 4 heteroatoms. The zero-order valence-electron chi connectivity index (χ0n) is 10.5. The Morgan fingerprint density at radius 1 is 1.35 bits per heavy atom. The lowest BCUT2D eigenvalue weighted by atomic mass is 10.1. The molecule has 0 spiro atoms. The molecule has 94 valence electrons. The Balaban J connectivity index is 1.82. The summed E-state index contributed by atoms with van der Waals surface area (Å²) in [6, 6.07) is 1.88. The van der Waals surface area contributed by atoms with Crippen LogP contribution in [-0.4, -0.2) is 23.1 Å². The molecule has 4 nitrogen and oxygen atoms in total. The quantitative estimate of drug-likeness (QED) is 0.823. The summed E-state index contributed by atoms with van der Waals surface area (Å²) in [6.45, 7) is 3.86. The maximum Gasteiger partial charge on any atom is 0.218 e. The fraction of sp³-hybridized carbons (Fsp3) is 0.692. The van der Waals surface area contributed by atoms with Crippen LogP contribution in [0.1, 0.15) is 39.0 Å². The molecule has 1 N–H and O–H groups in total. The first-order chi connectivity index (χ1) is 8.38. The molecule has 0 atom stereocenters. The zero-order valence-corrected chi connectivity index (χ0v) is 10.5. The molecular weight excluding hydrogens is 214 g/mol. The third kappa shape index (κ3) is 3.88. The molecule has 0 radical (unpaired) electrons. The van der Waals surface area contributed by atoms with Crippen molar-refractivity contribution in [1.29, 1.82) is 0 Å². The minimum atomic E-state index is 0.686. The lowest BCUT2D eigenvalue weighted by Crippen LogP contribution is -2.09. The molecule has 1 saturated carbocycles. The molecule has 2 rings (SSSR count). The largest absolute Gasteiger partial charge is 0.477 e. The molecule has 1 heterocycles. The average molecular weight is 235 g/mol. The van der Waals surface area contributed by atoms with Crippen molar-refractivity contribution in [3.05, 3.63) is 12.4 Å². The molecule has 1 aliphatic carbocycles. The predicted octanol–water partition coefficient (Wildman–Crippen LogP) is 2.87. The lowest BCUT2D eigenvalue weighted by molar-refractivity contribution is 0.243. The molecule has 0 aromatic carbocycles. The van der Waals surface area contributed by atoms with Gasteiger partial charge in [-0.05, 0) is 25.2 Å². The maximum absolute atomic E-state index is 5.72. The molecule has 0 amide bonds. The van der Waals surface area contributed by atoms with Crippen LogP contribution in [0.4, 0.5) is 5.82 Å². The second-order valence-electron chi connectivity index (χ2n) is 4.63. The van der Waals surface area contributed by atoms with E-state index in [-0.39, 0.29) is 0 Å². The second kappa shape index (κ2) is 6.42. The van der Waals surface area contributed by atoms with E-state index >= 15 is 0 Å². The van der Waals surface area contributed by atoms with Crippen LogP contribution in [-0.2, 0) is 0 Å². The predicted molar refractivity (Wildman–Crippen MR) is 68.3 cm³/mol. The highest BCUT2D eigenvalue weighted by Gasteiger charge is 2.15. The van der Waals surface area contributed by atoms with Crippen molar-refractivity contribution in [2.45, 2.75) is 39.0 Å². The number of hydrogen-bond acceptors (Lipinski definition) is 4. The van der Waals surface area contributed by atoms with Gasteiger partial charge in [0.05, 0.1) is 6.61 Å². The number of nitrogens with one attached hydrogen (secondary N) is 1. The Kier molecular flexibility index (Phi) is 4.59. The van der Waals surface area contributed by atoms with Crippen molar-refractivity contribution >= 4 is 5.82 Å². The van der Waals surface area contributed by atoms with Crippen LogP contribution < -0.4 is 10.1 Å². The van der Waals surface area contributed by atoms with E-state index in [4.69, 9.17) is 4.74 Å². The van der Waals surface area contributed by atoms with Crippen LogP contribution >= 0.6 is 0 Å². The second-order valence-corrected chi connectivity index (χ2v) is 4.63. The fourth-order valence-corrected chi connectivity index (χ4v) is 2.15. The van der Waals surface area contributed by atoms with E-state index in [1.165, 1.54) is 25.7 Å². The van der Waals surface area contributed by atoms with Crippen molar-refractivity contribution in [3.63, 3.8) is 0 Å². The Labute approximate surface area is 103 Å². The van der Waals surface area contributed by atoms with E-state index in [0.717, 1.165) is 31.3 Å². The highest BCUT2D eigenvalue weighted by molar-refractivity contribution is 5.36. The van der Waals surface area contributed by atoms with Crippen molar-refractivity contribution in [2.24, 2.45) is 5.92 Å². The number of anilines is 1. The summed E-state index contributed by atoms with van der Waals surface area (Å²) in [7, 11) is 0. The van der Waals surface area contributed by atoms with Gasteiger partial charge in [-0.25, -0.2) is 9.97 Å². The summed E-state index contributed by atoms with van der Waals surface area (Å²) in [6.07, 6.45) is 7.94. The minimum absolute atomic E-state index is 0.686. The molecule has 17 heavy (non-hydrogen) atoms. The van der Waals surface area contributed by atoms with Gasteiger partial charge in [-0.3, -0.25) is 0 Å². The van der Waals surface area contributed by atoms with E-state index in [0.29, 0.717) is 5.88 Å². The van der Waals surface area contributed by atoms with Crippen molar-refractivity contribution < 1.29 is 4.74 Å². The number of ether oxygens (including phenoxy) is 1. The van der Waals surface area contributed by atoms with Gasteiger partial charge in [0, 0.05) is 12.6 Å². The smallest absolute Gasteiger partial charge is 0.218 e. The maximum atomic E-state index is 5.72. The fourth-order valence-electron chi connectivity index (χ4n) is 2.15. The van der Waals surface area contributed by atoms with Crippen LogP contribution in [0, 0.1) is 5.92 Å². The molecule has 1 aromatic rings. The molecule has 1 aliphatic rings. The Morgan fingerprint density at radius 3 is 2.94 bits per heavy atom. The van der Waals surface area contributed by atoms with Crippen LogP contribution in [0.5, 0.6) is 5.88 Å². The zero-order chi connectivity index (χ0) is 11.9. The van der Waals surface area contributed by atoms with Gasteiger partial charge in [0.25, 0.3) is 0 Å². The van der Waals surface area contributed by atoms with Gasteiger partial charge in [-0.2, -0.15) is 0 Å². The first kappa shape index (κ1) is 12.1. The van der Waals surface area contributed by atoms with Crippen molar-refractivity contribution in [1.82, 2.24) is 9.97 Å². The van der Waals surface area contributed by atoms with Gasteiger partial charge in [0.15, 0.2) is 0 Å². The van der Waals surface area contributed by atoms with Crippen molar-refractivity contribution in [2.75, 3.05) is 18.5 Å². The number of rotatable bonds is 6. The molecule has 0 unspecified atom stereocenters. The Hall–Kier alpha value is -1.32. The van der Waals surface area contributed by atoms with Crippen LogP contribution in [0.15, 0.2) is 12.4 Å². The highest BCUT2D eigenvalue weighted by atomic mass is 16.5. The number of hydrogen-bond donors (Lipinski definition) is 1. The van der Waals surface area contributed by atoms with E-state index in [1.54, 1.807) is 6.33 Å². The molecule has 0 aliphatic heterocycles. The lowest BCUT2D eigenvalue weighted by Gasteiger charge is -2.11. The summed E-state index contributed by atoms with van der Waals surface area (Å²) < 4.78 is 5.72. The monoisotopic (exact) mass is 235 g/mol. The number of nitrogens with zero attached hydrogens (tertiary/aromatic N) is 2. The number of aromatic nitrogens is 2.